The van der Waals surface area contributed by atoms with Gasteiger partial charge in [-0.2, -0.15) is 11.8 Å². The molecule has 1 aromatic rings. The quantitative estimate of drug-likeness (QED) is 0.928. The van der Waals surface area contributed by atoms with Crippen molar-refractivity contribution < 1.29 is 9.90 Å². The Morgan fingerprint density at radius 3 is 2.55 bits per heavy atom. The minimum Gasteiger partial charge on any atom is -0.391 e. The Morgan fingerprint density at radius 1 is 1.30 bits per heavy atom. The maximum absolute atomic E-state index is 12.5. The Bertz CT molecular complexity index is 446. The number of thioether (sulfide) groups is 1. The third-order valence-corrected chi connectivity index (χ3v) is 4.65. The lowest BCUT2D eigenvalue weighted by Gasteiger charge is -2.35. The lowest BCUT2D eigenvalue weighted by molar-refractivity contribution is 0.0268. The molecule has 0 aromatic heterocycles. The number of nitrogens with zero attached hydrogens (tertiary/aromatic N) is 1. The van der Waals surface area contributed by atoms with Crippen molar-refractivity contribution in [1.82, 2.24) is 4.90 Å². The summed E-state index contributed by atoms with van der Waals surface area (Å²) in [4.78, 5) is 14.2. The maximum atomic E-state index is 12.5. The SMILES string of the molecule is CSCc1ccc(C(=O)N(C)C2CCCCC2O)cc1. The van der Waals surface area contributed by atoms with Gasteiger partial charge >= 0.3 is 0 Å². The molecule has 2 rings (SSSR count). The van der Waals surface area contributed by atoms with Crippen molar-refractivity contribution in [3.63, 3.8) is 0 Å². The number of rotatable bonds is 4. The highest BCUT2D eigenvalue weighted by atomic mass is 32.2. The average molecular weight is 293 g/mol. The van der Waals surface area contributed by atoms with Crippen LogP contribution in [0.3, 0.4) is 0 Å². The van der Waals surface area contributed by atoms with E-state index in [0.29, 0.717) is 5.56 Å². The third-order valence-electron chi connectivity index (χ3n) is 4.02. The summed E-state index contributed by atoms with van der Waals surface area (Å²) in [5, 5.41) is 10.1. The number of aliphatic hydroxyl groups is 1. The highest BCUT2D eigenvalue weighted by Crippen LogP contribution is 2.23. The first-order chi connectivity index (χ1) is 9.63. The summed E-state index contributed by atoms with van der Waals surface area (Å²) >= 11 is 1.77. The van der Waals surface area contributed by atoms with Gasteiger partial charge in [-0.15, -0.1) is 0 Å². The molecule has 0 bridgehead atoms. The first kappa shape index (κ1) is 15.4. The molecule has 1 amide bonds. The molecule has 0 spiro atoms. The van der Waals surface area contributed by atoms with Gasteiger partial charge < -0.3 is 10.0 Å². The number of hydrogen-bond acceptors (Lipinski definition) is 3. The fourth-order valence-corrected chi connectivity index (χ4v) is 3.33. The standard InChI is InChI=1S/C16H23NO2S/c1-17(14-5-3-4-6-15(14)18)16(19)13-9-7-12(8-10-13)11-20-2/h7-10,14-15,18H,3-6,11H2,1-2H3. The number of carbonyl (C=O) groups excluding carboxylic acids is 1. The largest absolute Gasteiger partial charge is 0.391 e. The van der Waals surface area contributed by atoms with Crippen LogP contribution in [0.2, 0.25) is 0 Å². The van der Waals surface area contributed by atoms with Gasteiger partial charge in [0, 0.05) is 18.4 Å². The van der Waals surface area contributed by atoms with Crippen LogP contribution in [0.4, 0.5) is 0 Å². The van der Waals surface area contributed by atoms with Crippen LogP contribution in [-0.2, 0) is 5.75 Å². The Morgan fingerprint density at radius 2 is 1.95 bits per heavy atom. The van der Waals surface area contributed by atoms with Crippen LogP contribution in [0.1, 0.15) is 41.6 Å². The maximum Gasteiger partial charge on any atom is 0.253 e. The minimum absolute atomic E-state index is 0.00616. The van der Waals surface area contributed by atoms with Crippen molar-refractivity contribution in [2.75, 3.05) is 13.3 Å². The molecule has 0 radical (unpaired) electrons. The van der Waals surface area contributed by atoms with Crippen LogP contribution in [0.15, 0.2) is 24.3 Å². The van der Waals surface area contributed by atoms with E-state index < -0.39 is 0 Å². The molecule has 20 heavy (non-hydrogen) atoms. The summed E-state index contributed by atoms with van der Waals surface area (Å²) < 4.78 is 0. The van der Waals surface area contributed by atoms with Crippen LogP contribution in [0, 0.1) is 0 Å². The van der Waals surface area contributed by atoms with Gasteiger partial charge in [-0.25, -0.2) is 0 Å². The second-order valence-electron chi connectivity index (χ2n) is 5.47. The molecule has 1 aliphatic rings. The van der Waals surface area contributed by atoms with E-state index in [0.717, 1.165) is 31.4 Å². The van der Waals surface area contributed by atoms with E-state index in [1.807, 2.05) is 24.3 Å². The third kappa shape index (κ3) is 3.55. The molecular formula is C16H23NO2S. The monoisotopic (exact) mass is 293 g/mol. The van der Waals surface area contributed by atoms with Crippen molar-refractivity contribution in [3.05, 3.63) is 35.4 Å². The normalized spacial score (nSPS) is 22.6. The summed E-state index contributed by atoms with van der Waals surface area (Å²) in [6.07, 6.45) is 5.53. The number of benzene rings is 1. The number of aliphatic hydroxyl groups excluding tert-OH is 1. The molecule has 0 aliphatic heterocycles. The van der Waals surface area contributed by atoms with Crippen LogP contribution < -0.4 is 0 Å². The minimum atomic E-state index is -0.381. The van der Waals surface area contributed by atoms with Gasteiger partial charge in [0.05, 0.1) is 12.1 Å². The van der Waals surface area contributed by atoms with Crippen LogP contribution >= 0.6 is 11.8 Å². The van der Waals surface area contributed by atoms with E-state index in [2.05, 4.69) is 6.26 Å². The Labute approximate surface area is 125 Å². The molecule has 1 N–H and O–H groups in total. The smallest absolute Gasteiger partial charge is 0.253 e. The van der Waals surface area contributed by atoms with Crippen molar-refractivity contribution in [2.24, 2.45) is 0 Å². The van der Waals surface area contributed by atoms with Crippen molar-refractivity contribution >= 4 is 17.7 Å². The fourth-order valence-electron chi connectivity index (χ4n) is 2.81. The molecule has 4 heteroatoms. The predicted molar refractivity (Wildman–Crippen MR) is 84.0 cm³/mol. The highest BCUT2D eigenvalue weighted by molar-refractivity contribution is 7.97. The van der Waals surface area contributed by atoms with Gasteiger partial charge in [-0.1, -0.05) is 25.0 Å². The summed E-state index contributed by atoms with van der Waals surface area (Å²) in [6.45, 7) is 0. The zero-order chi connectivity index (χ0) is 14.5. The number of likely N-dealkylation sites (N-methyl/N-ethyl adjacent to an activating group) is 1. The highest BCUT2D eigenvalue weighted by Gasteiger charge is 2.29. The van der Waals surface area contributed by atoms with E-state index in [-0.39, 0.29) is 18.1 Å². The van der Waals surface area contributed by atoms with Crippen LogP contribution in [0.5, 0.6) is 0 Å². The summed E-state index contributed by atoms with van der Waals surface area (Å²) in [5.41, 5.74) is 1.93. The Balaban J connectivity index is 2.05. The molecule has 0 heterocycles. The molecule has 0 saturated heterocycles. The number of carbonyl (C=O) groups is 1. The average Bonchev–Trinajstić information content (AvgIpc) is 2.47. The lowest BCUT2D eigenvalue weighted by atomic mass is 9.91. The topological polar surface area (TPSA) is 40.5 Å². The molecule has 1 aromatic carbocycles. The Kier molecular flexibility index (Phi) is 5.49. The lowest BCUT2D eigenvalue weighted by Crippen LogP contribution is -2.46. The van der Waals surface area contributed by atoms with E-state index in [1.165, 1.54) is 5.56 Å². The van der Waals surface area contributed by atoms with Crippen molar-refractivity contribution in [3.8, 4) is 0 Å². The second-order valence-corrected chi connectivity index (χ2v) is 6.33. The molecule has 1 aliphatic carbocycles. The van der Waals surface area contributed by atoms with Gasteiger partial charge in [-0.05, 0) is 36.8 Å². The van der Waals surface area contributed by atoms with Gasteiger partial charge in [0.2, 0.25) is 0 Å². The van der Waals surface area contributed by atoms with Crippen LogP contribution in [0.25, 0.3) is 0 Å². The zero-order valence-electron chi connectivity index (χ0n) is 12.2. The first-order valence-electron chi connectivity index (χ1n) is 7.16. The van der Waals surface area contributed by atoms with Crippen molar-refractivity contribution in [2.45, 2.75) is 43.6 Å². The van der Waals surface area contributed by atoms with E-state index in [1.54, 1.807) is 23.7 Å². The first-order valence-corrected chi connectivity index (χ1v) is 8.56. The molecule has 2 unspecified atom stereocenters. The second kappa shape index (κ2) is 7.14. The van der Waals surface area contributed by atoms with Gasteiger partial charge in [0.1, 0.15) is 0 Å². The summed E-state index contributed by atoms with van der Waals surface area (Å²) in [7, 11) is 1.80. The van der Waals surface area contributed by atoms with Crippen LogP contribution in [-0.4, -0.2) is 41.4 Å². The van der Waals surface area contributed by atoms with E-state index >= 15 is 0 Å². The molecule has 1 fully saturated rings. The number of hydrogen-bond donors (Lipinski definition) is 1. The van der Waals surface area contributed by atoms with Crippen molar-refractivity contribution in [1.29, 1.82) is 0 Å². The predicted octanol–water partition coefficient (Wildman–Crippen LogP) is 2.93. The Hall–Kier alpha value is -1.00. The van der Waals surface area contributed by atoms with Gasteiger partial charge in [0.25, 0.3) is 5.91 Å². The fraction of sp³-hybridized carbons (Fsp3) is 0.562. The van der Waals surface area contributed by atoms with E-state index in [9.17, 15) is 9.90 Å². The zero-order valence-corrected chi connectivity index (χ0v) is 13.0. The molecule has 1 saturated carbocycles. The van der Waals surface area contributed by atoms with E-state index in [4.69, 9.17) is 0 Å². The summed E-state index contributed by atoms with van der Waals surface area (Å²) in [5.74, 6) is 0.970. The molecule has 2 atom stereocenters. The number of amides is 1. The molecule has 110 valence electrons. The molecule has 3 nitrogen and oxygen atoms in total. The molecular weight excluding hydrogens is 270 g/mol. The van der Waals surface area contributed by atoms with Gasteiger partial charge in [-0.3, -0.25) is 4.79 Å². The van der Waals surface area contributed by atoms with Gasteiger partial charge in [0.15, 0.2) is 0 Å². The summed E-state index contributed by atoms with van der Waals surface area (Å²) in [6, 6.07) is 7.75.